The lowest BCUT2D eigenvalue weighted by Crippen LogP contribution is -2.45. The second-order valence-electron chi connectivity index (χ2n) is 8.32. The molecular formula is C25H27Cl3N4O3. The molecule has 1 aliphatic heterocycles. The number of halogens is 3. The Labute approximate surface area is 219 Å². The summed E-state index contributed by atoms with van der Waals surface area (Å²) in [4.78, 5) is 13.0. The lowest BCUT2D eigenvalue weighted by molar-refractivity contribution is -0.125. The van der Waals surface area contributed by atoms with Gasteiger partial charge in [0.15, 0.2) is 0 Å². The number of benzene rings is 2. The summed E-state index contributed by atoms with van der Waals surface area (Å²) < 4.78 is 7.41. The zero-order valence-electron chi connectivity index (χ0n) is 19.1. The molecule has 0 radical (unpaired) electrons. The standard InChI is InChI=1S/C25H27Cl3N4O3/c26-18-6-4-17(5-7-18)25-20(16-35-13-12-33)22(15-24(34)30-31-10-2-1-3-11-31)29-32(25)23-9-8-19(27)14-21(23)28/h4-9,14,33H,1-3,10-13,15-16H2,(H,30,34). The van der Waals surface area contributed by atoms with Gasteiger partial charge in [0.1, 0.15) is 0 Å². The molecule has 7 nitrogen and oxygen atoms in total. The van der Waals surface area contributed by atoms with E-state index in [1.165, 1.54) is 6.42 Å². The van der Waals surface area contributed by atoms with Crippen molar-refractivity contribution in [3.05, 3.63) is 68.8 Å². The van der Waals surface area contributed by atoms with Gasteiger partial charge in [-0.2, -0.15) is 5.10 Å². The lowest BCUT2D eigenvalue weighted by atomic mass is 10.0. The maximum absolute atomic E-state index is 13.0. The average Bonchev–Trinajstić information content (AvgIpc) is 3.17. The topological polar surface area (TPSA) is 79.6 Å². The van der Waals surface area contributed by atoms with E-state index in [2.05, 4.69) is 5.43 Å². The highest BCUT2D eigenvalue weighted by Gasteiger charge is 2.24. The van der Waals surface area contributed by atoms with E-state index in [-0.39, 0.29) is 32.1 Å². The molecular weight excluding hydrogens is 511 g/mol. The smallest absolute Gasteiger partial charge is 0.240 e. The van der Waals surface area contributed by atoms with E-state index in [1.54, 1.807) is 35.0 Å². The maximum Gasteiger partial charge on any atom is 0.240 e. The predicted octanol–water partition coefficient (Wildman–Crippen LogP) is 5.07. The van der Waals surface area contributed by atoms with E-state index in [0.29, 0.717) is 26.4 Å². The van der Waals surface area contributed by atoms with Crippen LogP contribution in [-0.4, -0.2) is 52.1 Å². The number of piperidine rings is 1. The van der Waals surface area contributed by atoms with Crippen molar-refractivity contribution < 1.29 is 14.6 Å². The summed E-state index contributed by atoms with van der Waals surface area (Å²) in [6, 6.07) is 12.5. The summed E-state index contributed by atoms with van der Waals surface area (Å²) >= 11 is 18.8. The van der Waals surface area contributed by atoms with Crippen molar-refractivity contribution in [2.24, 2.45) is 0 Å². The van der Waals surface area contributed by atoms with Crippen LogP contribution in [0.4, 0.5) is 0 Å². The van der Waals surface area contributed by atoms with Crippen LogP contribution in [-0.2, 0) is 22.6 Å². The van der Waals surface area contributed by atoms with E-state index < -0.39 is 0 Å². The fourth-order valence-corrected chi connectivity index (χ4v) is 4.75. The molecule has 0 unspecified atom stereocenters. The van der Waals surface area contributed by atoms with Crippen LogP contribution in [0.2, 0.25) is 15.1 Å². The van der Waals surface area contributed by atoms with Crippen molar-refractivity contribution in [2.45, 2.75) is 32.3 Å². The highest BCUT2D eigenvalue weighted by atomic mass is 35.5. The summed E-state index contributed by atoms with van der Waals surface area (Å²) in [5.41, 5.74) is 6.48. The first kappa shape index (κ1) is 25.9. The Kier molecular flexibility index (Phi) is 9.05. The molecule has 3 aromatic rings. The van der Waals surface area contributed by atoms with E-state index in [4.69, 9.17) is 44.6 Å². The molecule has 2 heterocycles. The predicted molar refractivity (Wildman–Crippen MR) is 138 cm³/mol. The minimum atomic E-state index is -0.148. The summed E-state index contributed by atoms with van der Waals surface area (Å²) in [5, 5.41) is 17.5. The van der Waals surface area contributed by atoms with Crippen LogP contribution in [0.3, 0.4) is 0 Å². The highest BCUT2D eigenvalue weighted by molar-refractivity contribution is 6.35. The van der Waals surface area contributed by atoms with E-state index in [1.807, 2.05) is 17.1 Å². The Hall–Kier alpha value is -2.13. The van der Waals surface area contributed by atoms with Crippen LogP contribution in [0, 0.1) is 0 Å². The molecule has 0 atom stereocenters. The Bertz CT molecular complexity index is 1160. The van der Waals surface area contributed by atoms with E-state index in [9.17, 15) is 9.90 Å². The van der Waals surface area contributed by atoms with Crippen LogP contribution < -0.4 is 5.43 Å². The first-order valence-electron chi connectivity index (χ1n) is 11.5. The fourth-order valence-electron chi connectivity index (χ4n) is 4.13. The van der Waals surface area contributed by atoms with E-state index >= 15 is 0 Å². The molecule has 1 aromatic heterocycles. The van der Waals surface area contributed by atoms with Crippen LogP contribution >= 0.6 is 34.8 Å². The Morgan fingerprint density at radius 1 is 1.03 bits per heavy atom. The van der Waals surface area contributed by atoms with Gasteiger partial charge in [0, 0.05) is 34.3 Å². The molecule has 2 N–H and O–H groups in total. The number of ether oxygens (including phenoxy) is 1. The fraction of sp³-hybridized carbons (Fsp3) is 0.360. The number of nitrogens with zero attached hydrogens (tertiary/aromatic N) is 3. The van der Waals surface area contributed by atoms with Crippen LogP contribution in [0.25, 0.3) is 16.9 Å². The molecule has 0 spiro atoms. The molecule has 0 bridgehead atoms. The summed E-state index contributed by atoms with van der Waals surface area (Å²) in [6.45, 7) is 1.88. The van der Waals surface area contributed by atoms with Gasteiger partial charge in [0.25, 0.3) is 0 Å². The number of nitrogens with one attached hydrogen (secondary N) is 1. The van der Waals surface area contributed by atoms with Crippen LogP contribution in [0.15, 0.2) is 42.5 Å². The number of carbonyl (C=O) groups is 1. The van der Waals surface area contributed by atoms with Gasteiger partial charge in [0.2, 0.25) is 5.91 Å². The van der Waals surface area contributed by atoms with Crippen molar-refractivity contribution in [2.75, 3.05) is 26.3 Å². The number of hydrogen-bond acceptors (Lipinski definition) is 5. The normalized spacial score (nSPS) is 14.3. The van der Waals surface area contributed by atoms with Gasteiger partial charge >= 0.3 is 0 Å². The molecule has 2 aromatic carbocycles. The molecule has 4 rings (SSSR count). The average molecular weight is 538 g/mol. The van der Waals surface area contributed by atoms with Gasteiger partial charge in [-0.1, -0.05) is 53.4 Å². The molecule has 1 amide bonds. The SMILES string of the molecule is O=C(Cc1nn(-c2ccc(Cl)cc2Cl)c(-c2ccc(Cl)cc2)c1COCCO)NN1CCCCC1. The van der Waals surface area contributed by atoms with Crippen molar-refractivity contribution >= 4 is 40.7 Å². The zero-order chi connectivity index (χ0) is 24.8. The van der Waals surface area contributed by atoms with Gasteiger partial charge in [-0.3, -0.25) is 10.2 Å². The first-order valence-corrected chi connectivity index (χ1v) is 12.6. The number of aromatic nitrogens is 2. The van der Waals surface area contributed by atoms with Gasteiger partial charge < -0.3 is 9.84 Å². The van der Waals surface area contributed by atoms with Gasteiger partial charge in [-0.05, 0) is 43.2 Å². The molecule has 1 saturated heterocycles. The third-order valence-corrected chi connectivity index (χ3v) is 6.56. The number of carbonyl (C=O) groups excluding carboxylic acids is 1. The molecule has 1 fully saturated rings. The van der Waals surface area contributed by atoms with Crippen molar-refractivity contribution in [1.82, 2.24) is 20.2 Å². The number of rotatable bonds is 9. The quantitative estimate of drug-likeness (QED) is 0.373. The van der Waals surface area contributed by atoms with E-state index in [0.717, 1.165) is 42.8 Å². The van der Waals surface area contributed by atoms with Crippen molar-refractivity contribution in [3.8, 4) is 16.9 Å². The molecule has 0 saturated carbocycles. The third-order valence-electron chi connectivity index (χ3n) is 5.77. The van der Waals surface area contributed by atoms with Gasteiger partial charge in [-0.25, -0.2) is 9.69 Å². The minimum Gasteiger partial charge on any atom is -0.394 e. The molecule has 1 aliphatic rings. The number of aliphatic hydroxyl groups excluding tert-OH is 1. The van der Waals surface area contributed by atoms with Crippen LogP contribution in [0.1, 0.15) is 30.5 Å². The van der Waals surface area contributed by atoms with Gasteiger partial charge in [0.05, 0.1) is 48.3 Å². The molecule has 35 heavy (non-hydrogen) atoms. The maximum atomic E-state index is 13.0. The highest BCUT2D eigenvalue weighted by Crippen LogP contribution is 2.34. The summed E-state index contributed by atoms with van der Waals surface area (Å²) in [7, 11) is 0. The van der Waals surface area contributed by atoms with Gasteiger partial charge in [-0.15, -0.1) is 0 Å². The second kappa shape index (κ2) is 12.2. The Morgan fingerprint density at radius 2 is 1.74 bits per heavy atom. The Morgan fingerprint density at radius 3 is 2.43 bits per heavy atom. The lowest BCUT2D eigenvalue weighted by Gasteiger charge is -2.26. The van der Waals surface area contributed by atoms with Crippen molar-refractivity contribution in [1.29, 1.82) is 0 Å². The zero-order valence-corrected chi connectivity index (χ0v) is 21.4. The minimum absolute atomic E-state index is 0.0626. The molecule has 10 heteroatoms. The summed E-state index contributed by atoms with van der Waals surface area (Å²) in [6.07, 6.45) is 3.36. The summed E-state index contributed by atoms with van der Waals surface area (Å²) in [5.74, 6) is -0.148. The largest absolute Gasteiger partial charge is 0.394 e. The number of hydrazine groups is 1. The van der Waals surface area contributed by atoms with Crippen molar-refractivity contribution in [3.63, 3.8) is 0 Å². The van der Waals surface area contributed by atoms with Crippen LogP contribution in [0.5, 0.6) is 0 Å². The molecule has 0 aliphatic carbocycles. The first-order chi connectivity index (χ1) is 17.0. The number of hydrogen-bond donors (Lipinski definition) is 2. The third kappa shape index (κ3) is 6.55. The number of aliphatic hydroxyl groups is 1. The monoisotopic (exact) mass is 536 g/mol. The second-order valence-corrected chi connectivity index (χ2v) is 9.60. The number of amides is 1. The Balaban J connectivity index is 1.77. The molecule has 186 valence electrons.